The highest BCUT2D eigenvalue weighted by Crippen LogP contribution is 2.22. The van der Waals surface area contributed by atoms with Gasteiger partial charge in [0, 0.05) is 17.8 Å². The minimum Gasteiger partial charge on any atom is -0.507 e. The summed E-state index contributed by atoms with van der Waals surface area (Å²) in [6.45, 7) is 0. The average molecular weight is 252 g/mol. The normalized spacial score (nSPS) is 10.3. The van der Waals surface area contributed by atoms with Crippen molar-refractivity contribution in [2.45, 2.75) is 0 Å². The van der Waals surface area contributed by atoms with Crippen LogP contribution in [-0.2, 0) is 0 Å². The van der Waals surface area contributed by atoms with Crippen LogP contribution in [0.15, 0.2) is 47.5 Å². The Morgan fingerprint density at radius 3 is 2.79 bits per heavy atom. The minimum absolute atomic E-state index is 0.0968. The van der Waals surface area contributed by atoms with Gasteiger partial charge < -0.3 is 9.84 Å². The molecule has 0 unspecified atom stereocenters. The van der Waals surface area contributed by atoms with Gasteiger partial charge in [0.2, 0.25) is 0 Å². The number of nitriles is 1. The third-order valence-electron chi connectivity index (χ3n) is 2.57. The molecule has 0 fully saturated rings. The lowest BCUT2D eigenvalue weighted by Crippen LogP contribution is -1.86. The number of aliphatic imine (C=N–C) groups is 1. The van der Waals surface area contributed by atoms with Gasteiger partial charge in [-0.3, -0.25) is 4.99 Å². The molecule has 0 aliphatic carbocycles. The van der Waals surface area contributed by atoms with E-state index in [9.17, 15) is 5.11 Å². The number of ether oxygens (including phenoxy) is 1. The first-order chi connectivity index (χ1) is 9.22. The molecule has 0 aromatic heterocycles. The van der Waals surface area contributed by atoms with E-state index < -0.39 is 0 Å². The summed E-state index contributed by atoms with van der Waals surface area (Å²) in [5.41, 5.74) is 1.80. The number of nitrogens with zero attached hydrogens (tertiary/aromatic N) is 2. The minimum atomic E-state index is 0.0968. The first-order valence-electron chi connectivity index (χ1n) is 5.64. The van der Waals surface area contributed by atoms with Gasteiger partial charge in [0.1, 0.15) is 11.5 Å². The van der Waals surface area contributed by atoms with E-state index in [1.54, 1.807) is 42.6 Å². The summed E-state index contributed by atoms with van der Waals surface area (Å²) < 4.78 is 5.00. The van der Waals surface area contributed by atoms with Crippen molar-refractivity contribution in [1.82, 2.24) is 0 Å². The van der Waals surface area contributed by atoms with E-state index in [4.69, 9.17) is 10.00 Å². The highest BCUT2D eigenvalue weighted by Gasteiger charge is 2.00. The van der Waals surface area contributed by atoms with Gasteiger partial charge in [-0.2, -0.15) is 5.26 Å². The Kier molecular flexibility index (Phi) is 3.79. The number of phenols is 1. The van der Waals surface area contributed by atoms with Crippen molar-refractivity contribution < 1.29 is 9.84 Å². The smallest absolute Gasteiger partial charge is 0.128 e. The van der Waals surface area contributed by atoms with Gasteiger partial charge in [0.15, 0.2) is 0 Å². The molecule has 2 rings (SSSR count). The zero-order chi connectivity index (χ0) is 13.7. The van der Waals surface area contributed by atoms with Crippen LogP contribution in [0.3, 0.4) is 0 Å². The van der Waals surface area contributed by atoms with Crippen LogP contribution in [0.1, 0.15) is 11.1 Å². The predicted molar refractivity (Wildman–Crippen MR) is 73.1 cm³/mol. The van der Waals surface area contributed by atoms with Gasteiger partial charge >= 0.3 is 0 Å². The van der Waals surface area contributed by atoms with Gasteiger partial charge in [-0.1, -0.05) is 6.07 Å². The van der Waals surface area contributed by atoms with Crippen LogP contribution < -0.4 is 4.74 Å². The van der Waals surface area contributed by atoms with Crippen molar-refractivity contribution in [3.63, 3.8) is 0 Å². The lowest BCUT2D eigenvalue weighted by molar-refractivity contribution is 0.407. The fraction of sp³-hybridized carbons (Fsp3) is 0.0667. The Labute approximate surface area is 111 Å². The molecule has 0 aliphatic rings. The Balaban J connectivity index is 2.25. The zero-order valence-corrected chi connectivity index (χ0v) is 10.4. The van der Waals surface area contributed by atoms with Crippen LogP contribution in [-0.4, -0.2) is 18.4 Å². The third kappa shape index (κ3) is 3.11. The lowest BCUT2D eigenvalue weighted by Gasteiger charge is -2.02. The quantitative estimate of drug-likeness (QED) is 0.854. The summed E-state index contributed by atoms with van der Waals surface area (Å²) in [6, 6.07) is 14.0. The number of phenolic OH excluding ortho intramolecular Hbond substituents is 1. The highest BCUT2D eigenvalue weighted by molar-refractivity contribution is 5.85. The molecule has 4 nitrogen and oxygen atoms in total. The molecule has 2 aromatic carbocycles. The van der Waals surface area contributed by atoms with Crippen molar-refractivity contribution in [2.75, 3.05) is 7.11 Å². The van der Waals surface area contributed by atoms with E-state index in [0.29, 0.717) is 22.6 Å². The number of rotatable bonds is 3. The van der Waals surface area contributed by atoms with Crippen LogP contribution in [0.4, 0.5) is 5.69 Å². The molecule has 19 heavy (non-hydrogen) atoms. The molecule has 4 heteroatoms. The standard InChI is InChI=1S/C15H12N2O2/c1-19-14-6-5-12(15(18)8-14)10-17-13-4-2-3-11(7-13)9-16/h2-8,10,18H,1H3. The molecule has 0 aliphatic heterocycles. The maximum absolute atomic E-state index is 9.78. The van der Waals surface area contributed by atoms with Crippen LogP contribution in [0.5, 0.6) is 11.5 Å². The fourth-order valence-electron chi connectivity index (χ4n) is 1.56. The van der Waals surface area contributed by atoms with Crippen molar-refractivity contribution in [2.24, 2.45) is 4.99 Å². The zero-order valence-electron chi connectivity index (χ0n) is 10.4. The highest BCUT2D eigenvalue weighted by atomic mass is 16.5. The number of hydrogen-bond donors (Lipinski definition) is 1. The first-order valence-corrected chi connectivity index (χ1v) is 5.64. The maximum atomic E-state index is 9.78. The van der Waals surface area contributed by atoms with Gasteiger partial charge in [-0.25, -0.2) is 0 Å². The summed E-state index contributed by atoms with van der Waals surface area (Å²) in [7, 11) is 1.54. The van der Waals surface area contributed by atoms with E-state index in [-0.39, 0.29) is 5.75 Å². The van der Waals surface area contributed by atoms with E-state index >= 15 is 0 Å². The molecule has 0 radical (unpaired) electrons. The van der Waals surface area contributed by atoms with E-state index in [1.165, 1.54) is 13.2 Å². The average Bonchev–Trinajstić information content (AvgIpc) is 2.46. The molecule has 0 spiro atoms. The second-order valence-corrected chi connectivity index (χ2v) is 3.85. The second kappa shape index (κ2) is 5.69. The lowest BCUT2D eigenvalue weighted by atomic mass is 10.2. The van der Waals surface area contributed by atoms with Gasteiger partial charge in [0.05, 0.1) is 24.4 Å². The Hall–Kier alpha value is -2.80. The number of aromatic hydroxyl groups is 1. The van der Waals surface area contributed by atoms with Gasteiger partial charge in [-0.05, 0) is 30.3 Å². The third-order valence-corrected chi connectivity index (χ3v) is 2.57. The van der Waals surface area contributed by atoms with Crippen LogP contribution in [0.2, 0.25) is 0 Å². The Morgan fingerprint density at radius 2 is 2.11 bits per heavy atom. The summed E-state index contributed by atoms with van der Waals surface area (Å²) in [5, 5.41) is 18.6. The summed E-state index contributed by atoms with van der Waals surface area (Å²) in [5.74, 6) is 0.681. The Morgan fingerprint density at radius 1 is 1.26 bits per heavy atom. The molecule has 94 valence electrons. The van der Waals surface area contributed by atoms with Crippen LogP contribution in [0, 0.1) is 11.3 Å². The monoisotopic (exact) mass is 252 g/mol. The van der Waals surface area contributed by atoms with Crippen molar-refractivity contribution in [3.05, 3.63) is 53.6 Å². The molecule has 1 N–H and O–H groups in total. The van der Waals surface area contributed by atoms with Crippen molar-refractivity contribution in [1.29, 1.82) is 5.26 Å². The molecular formula is C15H12N2O2. The first kappa shape index (κ1) is 12.7. The summed E-state index contributed by atoms with van der Waals surface area (Å²) >= 11 is 0. The summed E-state index contributed by atoms with van der Waals surface area (Å²) in [6.07, 6.45) is 1.55. The van der Waals surface area contributed by atoms with E-state index in [1.807, 2.05) is 0 Å². The fourth-order valence-corrected chi connectivity index (χ4v) is 1.56. The topological polar surface area (TPSA) is 65.6 Å². The summed E-state index contributed by atoms with van der Waals surface area (Å²) in [4.78, 5) is 4.22. The second-order valence-electron chi connectivity index (χ2n) is 3.85. The maximum Gasteiger partial charge on any atom is 0.128 e. The molecule has 0 amide bonds. The molecular weight excluding hydrogens is 240 g/mol. The Bertz CT molecular complexity index is 657. The van der Waals surface area contributed by atoms with E-state index in [0.717, 1.165) is 0 Å². The molecule has 0 saturated carbocycles. The van der Waals surface area contributed by atoms with Crippen LogP contribution in [0.25, 0.3) is 0 Å². The van der Waals surface area contributed by atoms with Gasteiger partial charge in [0.25, 0.3) is 0 Å². The largest absolute Gasteiger partial charge is 0.507 e. The van der Waals surface area contributed by atoms with Crippen LogP contribution >= 0.6 is 0 Å². The van der Waals surface area contributed by atoms with Crippen molar-refractivity contribution in [3.8, 4) is 17.6 Å². The molecule has 2 aromatic rings. The number of methoxy groups -OCH3 is 1. The molecule has 0 saturated heterocycles. The molecule has 0 heterocycles. The number of benzene rings is 2. The molecule has 0 atom stereocenters. The SMILES string of the molecule is COc1ccc(C=Nc2cccc(C#N)c2)c(O)c1. The number of hydrogen-bond acceptors (Lipinski definition) is 4. The predicted octanol–water partition coefficient (Wildman–Crippen LogP) is 3.02. The van der Waals surface area contributed by atoms with E-state index in [2.05, 4.69) is 11.1 Å². The van der Waals surface area contributed by atoms with Crippen molar-refractivity contribution >= 4 is 11.9 Å². The molecule has 0 bridgehead atoms. The van der Waals surface area contributed by atoms with Gasteiger partial charge in [-0.15, -0.1) is 0 Å².